The zero-order chi connectivity index (χ0) is 23.4. The van der Waals surface area contributed by atoms with Crippen molar-refractivity contribution in [1.82, 2.24) is 9.62 Å². The molecule has 0 aliphatic carbocycles. The number of benzene rings is 1. The highest BCUT2D eigenvalue weighted by molar-refractivity contribution is 7.91. The van der Waals surface area contributed by atoms with Crippen molar-refractivity contribution in [3.8, 4) is 0 Å². The van der Waals surface area contributed by atoms with Crippen LogP contribution in [0.15, 0.2) is 23.1 Å². The van der Waals surface area contributed by atoms with Crippen molar-refractivity contribution in [1.29, 1.82) is 0 Å². The zero-order valence-corrected chi connectivity index (χ0v) is 19.4. The summed E-state index contributed by atoms with van der Waals surface area (Å²) in [6.45, 7) is 5.54. The molecular formula is C18H28N4O7S2. The van der Waals surface area contributed by atoms with Crippen molar-refractivity contribution in [2.45, 2.75) is 38.1 Å². The fourth-order valence-corrected chi connectivity index (χ4v) is 6.66. The smallest absolute Gasteiger partial charge is 0.293 e. The Kier molecular flexibility index (Phi) is 8.00. The number of anilines is 1. The van der Waals surface area contributed by atoms with E-state index in [0.29, 0.717) is 6.42 Å². The van der Waals surface area contributed by atoms with E-state index in [1.807, 2.05) is 0 Å². The fourth-order valence-electron chi connectivity index (χ4n) is 3.51. The van der Waals surface area contributed by atoms with Crippen LogP contribution in [0.3, 0.4) is 0 Å². The number of hydrogen-bond acceptors (Lipinski definition) is 8. The number of sulfonamides is 1. The Labute approximate surface area is 182 Å². The molecule has 1 N–H and O–H groups in total. The summed E-state index contributed by atoms with van der Waals surface area (Å²) in [6, 6.07) is 3.14. The quantitative estimate of drug-likeness (QED) is 0.384. The Morgan fingerprint density at radius 1 is 1.23 bits per heavy atom. The van der Waals surface area contributed by atoms with Crippen molar-refractivity contribution in [3.05, 3.63) is 28.3 Å². The molecule has 0 spiro atoms. The van der Waals surface area contributed by atoms with E-state index in [9.17, 15) is 31.7 Å². The molecule has 1 aliphatic rings. The van der Waals surface area contributed by atoms with Gasteiger partial charge in [0.05, 0.1) is 27.9 Å². The van der Waals surface area contributed by atoms with E-state index < -0.39 is 42.4 Å². The van der Waals surface area contributed by atoms with Crippen molar-refractivity contribution in [3.63, 3.8) is 0 Å². The lowest BCUT2D eigenvalue weighted by molar-refractivity contribution is -0.384. The highest BCUT2D eigenvalue weighted by atomic mass is 32.2. The molecule has 1 amide bonds. The summed E-state index contributed by atoms with van der Waals surface area (Å²) in [5.74, 6) is -0.565. The molecule has 1 aromatic carbocycles. The van der Waals surface area contributed by atoms with Crippen molar-refractivity contribution in [2.75, 3.05) is 42.6 Å². The number of nitro groups is 1. The molecule has 0 unspecified atom stereocenters. The number of amides is 1. The van der Waals surface area contributed by atoms with Crippen LogP contribution in [0.1, 0.15) is 27.2 Å². The molecule has 31 heavy (non-hydrogen) atoms. The van der Waals surface area contributed by atoms with Gasteiger partial charge in [0.2, 0.25) is 15.9 Å². The molecule has 0 radical (unpaired) electrons. The topological polar surface area (TPSA) is 147 Å². The van der Waals surface area contributed by atoms with Crippen LogP contribution in [0.4, 0.5) is 11.4 Å². The van der Waals surface area contributed by atoms with Gasteiger partial charge in [-0.2, -0.15) is 4.31 Å². The minimum absolute atomic E-state index is 0.0172. The third-order valence-corrected chi connectivity index (χ3v) is 8.96. The second kappa shape index (κ2) is 9.92. The molecule has 0 saturated carbocycles. The van der Waals surface area contributed by atoms with Gasteiger partial charge >= 0.3 is 0 Å². The normalized spacial score (nSPS) is 18.1. The Bertz CT molecular complexity index is 1040. The van der Waals surface area contributed by atoms with Gasteiger partial charge in [0.15, 0.2) is 9.84 Å². The third kappa shape index (κ3) is 5.92. The lowest BCUT2D eigenvalue weighted by atomic mass is 10.2. The molecule has 0 aromatic heterocycles. The molecule has 1 fully saturated rings. The van der Waals surface area contributed by atoms with Crippen LogP contribution in [-0.4, -0.2) is 75.7 Å². The van der Waals surface area contributed by atoms with Crippen LogP contribution < -0.4 is 10.2 Å². The molecule has 13 heteroatoms. The maximum Gasteiger partial charge on any atom is 0.293 e. The van der Waals surface area contributed by atoms with Crippen molar-refractivity contribution in [2.24, 2.45) is 0 Å². The van der Waals surface area contributed by atoms with Crippen molar-refractivity contribution < 1.29 is 26.6 Å². The Morgan fingerprint density at radius 2 is 1.87 bits per heavy atom. The van der Waals surface area contributed by atoms with E-state index in [1.165, 1.54) is 21.3 Å². The number of carbonyl (C=O) groups is 1. The van der Waals surface area contributed by atoms with Crippen LogP contribution in [0.5, 0.6) is 0 Å². The lowest BCUT2D eigenvalue weighted by Crippen LogP contribution is -2.42. The largest absolute Gasteiger partial charge is 0.357 e. The first-order valence-corrected chi connectivity index (χ1v) is 13.2. The predicted octanol–water partition coefficient (Wildman–Crippen LogP) is 0.755. The summed E-state index contributed by atoms with van der Waals surface area (Å²) < 4.78 is 49.8. The maximum absolute atomic E-state index is 12.7. The minimum Gasteiger partial charge on any atom is -0.357 e. The molecule has 1 saturated heterocycles. The van der Waals surface area contributed by atoms with E-state index >= 15 is 0 Å². The van der Waals surface area contributed by atoms with Gasteiger partial charge in [0, 0.05) is 31.7 Å². The Balaban J connectivity index is 2.28. The first-order chi connectivity index (χ1) is 14.4. The van der Waals surface area contributed by atoms with Gasteiger partial charge in [-0.3, -0.25) is 14.9 Å². The second-order valence-electron chi connectivity index (χ2n) is 7.18. The lowest BCUT2D eigenvalue weighted by Gasteiger charge is -2.24. The molecule has 1 aromatic rings. The first-order valence-electron chi connectivity index (χ1n) is 9.98. The van der Waals surface area contributed by atoms with Gasteiger partial charge in [0.1, 0.15) is 5.69 Å². The van der Waals surface area contributed by atoms with Gasteiger partial charge < -0.3 is 10.2 Å². The average Bonchev–Trinajstić information content (AvgIpc) is 3.04. The molecule has 2 rings (SSSR count). The monoisotopic (exact) mass is 476 g/mol. The maximum atomic E-state index is 12.7. The van der Waals surface area contributed by atoms with Crippen LogP contribution >= 0.6 is 0 Å². The summed E-state index contributed by atoms with van der Waals surface area (Å²) in [5.41, 5.74) is -0.313. The summed E-state index contributed by atoms with van der Waals surface area (Å²) in [5, 5.41) is 14.3. The highest BCUT2D eigenvalue weighted by Gasteiger charge is 2.30. The van der Waals surface area contributed by atoms with E-state index in [0.717, 1.165) is 6.07 Å². The molecule has 174 valence electrons. The Hall–Kier alpha value is -2.25. The first kappa shape index (κ1) is 25.0. The summed E-state index contributed by atoms with van der Waals surface area (Å²) in [6.07, 6.45) is 0.332. The number of sulfone groups is 1. The highest BCUT2D eigenvalue weighted by Crippen LogP contribution is 2.31. The summed E-state index contributed by atoms with van der Waals surface area (Å²) >= 11 is 0. The molecule has 11 nitrogen and oxygen atoms in total. The molecule has 1 atom stereocenters. The summed E-state index contributed by atoms with van der Waals surface area (Å²) in [7, 11) is -7.04. The number of carbonyl (C=O) groups excluding carboxylic acids is 1. The van der Waals surface area contributed by atoms with Gasteiger partial charge in [-0.15, -0.1) is 0 Å². The van der Waals surface area contributed by atoms with E-state index in [4.69, 9.17) is 0 Å². The number of nitrogens with zero attached hydrogens (tertiary/aromatic N) is 3. The van der Waals surface area contributed by atoms with Crippen LogP contribution in [0.2, 0.25) is 0 Å². The number of nitro benzene ring substituents is 1. The zero-order valence-electron chi connectivity index (χ0n) is 17.8. The predicted molar refractivity (Wildman–Crippen MR) is 116 cm³/mol. The van der Waals surface area contributed by atoms with E-state index in [2.05, 4.69) is 5.32 Å². The van der Waals surface area contributed by atoms with Crippen LogP contribution in [0.25, 0.3) is 0 Å². The number of nitrogens with one attached hydrogen (secondary N) is 1. The van der Waals surface area contributed by atoms with Gasteiger partial charge in [0.25, 0.3) is 5.69 Å². The second-order valence-corrected chi connectivity index (χ2v) is 11.3. The number of likely N-dealkylation sites (N-methyl/N-ethyl adjacent to an activating group) is 1. The van der Waals surface area contributed by atoms with Gasteiger partial charge in [-0.05, 0) is 25.5 Å². The molecule has 1 heterocycles. The Morgan fingerprint density at radius 3 is 2.35 bits per heavy atom. The molecular weight excluding hydrogens is 448 g/mol. The molecule has 0 bridgehead atoms. The summed E-state index contributed by atoms with van der Waals surface area (Å²) in [4.78, 5) is 24.7. The molecule has 1 aliphatic heterocycles. The number of hydrogen-bond donors (Lipinski definition) is 1. The SMILES string of the molecule is CCN(CC(=O)N[C@@H]1CCS(=O)(=O)C1)c1ccc(S(=O)(=O)N(CC)CC)cc1[N+](=O)[O-]. The standard InChI is InChI=1S/C18H28N4O7S2/c1-4-20(12-18(23)19-14-9-10-30(26,27)13-14)16-8-7-15(11-17(16)22(24)25)31(28,29)21(5-2)6-3/h7-8,11,14H,4-6,9-10,12-13H2,1-3H3,(H,19,23)/t14-/m1/s1. The van der Waals surface area contributed by atoms with Crippen LogP contribution in [-0.2, 0) is 24.7 Å². The average molecular weight is 477 g/mol. The fraction of sp³-hybridized carbons (Fsp3) is 0.611. The van der Waals surface area contributed by atoms with Crippen LogP contribution in [0, 0.1) is 10.1 Å². The van der Waals surface area contributed by atoms with Gasteiger partial charge in [-0.1, -0.05) is 13.8 Å². The number of rotatable bonds is 10. The van der Waals surface area contributed by atoms with E-state index in [1.54, 1.807) is 20.8 Å². The third-order valence-electron chi connectivity index (χ3n) is 5.14. The van der Waals surface area contributed by atoms with Gasteiger partial charge in [-0.25, -0.2) is 16.8 Å². The minimum atomic E-state index is -3.88. The van der Waals surface area contributed by atoms with E-state index in [-0.39, 0.29) is 48.3 Å². The van der Waals surface area contributed by atoms with Crippen molar-refractivity contribution >= 4 is 37.1 Å².